The van der Waals surface area contributed by atoms with E-state index in [9.17, 15) is 5.26 Å². The van der Waals surface area contributed by atoms with Crippen molar-refractivity contribution in [2.24, 2.45) is 0 Å². The summed E-state index contributed by atoms with van der Waals surface area (Å²) < 4.78 is 6.01. The van der Waals surface area contributed by atoms with E-state index in [1.54, 1.807) is 0 Å². The lowest BCUT2D eigenvalue weighted by molar-refractivity contribution is 0.00606. The van der Waals surface area contributed by atoms with Crippen LogP contribution in [0.5, 0.6) is 0 Å². The Morgan fingerprint density at radius 2 is 2.05 bits per heavy atom. The zero-order chi connectivity index (χ0) is 14.8. The molecule has 1 N–H and O–H groups in total. The second-order valence-electron chi connectivity index (χ2n) is 6.50. The van der Waals surface area contributed by atoms with Crippen molar-refractivity contribution in [2.45, 2.75) is 96.2 Å². The molecule has 3 nitrogen and oxygen atoms in total. The average Bonchev–Trinajstić information content (AvgIpc) is 2.42. The van der Waals surface area contributed by atoms with Gasteiger partial charge in [0, 0.05) is 19.1 Å². The van der Waals surface area contributed by atoms with Crippen LogP contribution in [0.25, 0.3) is 0 Å². The molecule has 0 radical (unpaired) electrons. The van der Waals surface area contributed by atoms with Crippen molar-refractivity contribution in [3.8, 4) is 6.07 Å². The monoisotopic (exact) mass is 280 g/mol. The van der Waals surface area contributed by atoms with Crippen molar-refractivity contribution in [3.05, 3.63) is 0 Å². The first-order valence-electron chi connectivity index (χ1n) is 8.42. The second kappa shape index (κ2) is 9.37. The van der Waals surface area contributed by atoms with Crippen LogP contribution in [0.2, 0.25) is 0 Å². The van der Waals surface area contributed by atoms with E-state index in [0.29, 0.717) is 6.04 Å². The van der Waals surface area contributed by atoms with Gasteiger partial charge in [0.2, 0.25) is 0 Å². The van der Waals surface area contributed by atoms with E-state index in [1.807, 2.05) is 0 Å². The molecule has 1 fully saturated rings. The van der Waals surface area contributed by atoms with E-state index in [4.69, 9.17) is 4.74 Å². The summed E-state index contributed by atoms with van der Waals surface area (Å²) in [6.07, 6.45) is 10.6. The van der Waals surface area contributed by atoms with E-state index >= 15 is 0 Å². The molecule has 0 aromatic heterocycles. The molecular formula is C17H32N2O. The predicted octanol–water partition coefficient (Wildman–Crippen LogP) is 4.18. The molecule has 2 unspecified atom stereocenters. The normalized spacial score (nSPS) is 26.6. The van der Waals surface area contributed by atoms with Gasteiger partial charge in [0.05, 0.1) is 12.2 Å². The lowest BCUT2D eigenvalue weighted by Gasteiger charge is -2.37. The van der Waals surface area contributed by atoms with Gasteiger partial charge in [0.1, 0.15) is 5.54 Å². The van der Waals surface area contributed by atoms with E-state index in [0.717, 1.165) is 38.7 Å². The Morgan fingerprint density at radius 1 is 1.30 bits per heavy atom. The van der Waals surface area contributed by atoms with Crippen LogP contribution in [-0.2, 0) is 4.74 Å². The molecule has 0 spiro atoms. The molecule has 0 saturated heterocycles. The Morgan fingerprint density at radius 3 is 2.70 bits per heavy atom. The standard InChI is InChI=1S/C17H32N2O/c1-4-5-6-7-8-12-20-16-10-9-11-17(13-16,14-18)19-15(2)3/h15-16,19H,4-13H2,1-3H3. The summed E-state index contributed by atoms with van der Waals surface area (Å²) in [4.78, 5) is 0. The van der Waals surface area contributed by atoms with Gasteiger partial charge in [-0.25, -0.2) is 0 Å². The summed E-state index contributed by atoms with van der Waals surface area (Å²) in [5.74, 6) is 0. The Balaban J connectivity index is 2.28. The van der Waals surface area contributed by atoms with Gasteiger partial charge in [-0.3, -0.25) is 5.32 Å². The first kappa shape index (κ1) is 17.5. The first-order chi connectivity index (χ1) is 9.62. The van der Waals surface area contributed by atoms with Gasteiger partial charge in [0.25, 0.3) is 0 Å². The highest BCUT2D eigenvalue weighted by Crippen LogP contribution is 2.30. The van der Waals surface area contributed by atoms with Crippen LogP contribution in [0, 0.1) is 11.3 Å². The minimum absolute atomic E-state index is 0.265. The third kappa shape index (κ3) is 6.24. The summed E-state index contributed by atoms with van der Waals surface area (Å²) in [5, 5.41) is 13.0. The minimum atomic E-state index is -0.362. The maximum Gasteiger partial charge on any atom is 0.109 e. The van der Waals surface area contributed by atoms with E-state index < -0.39 is 0 Å². The number of hydrogen-bond acceptors (Lipinski definition) is 3. The zero-order valence-electron chi connectivity index (χ0n) is 13.6. The van der Waals surface area contributed by atoms with Gasteiger partial charge in [-0.1, -0.05) is 32.6 Å². The summed E-state index contributed by atoms with van der Waals surface area (Å²) in [7, 11) is 0. The van der Waals surface area contributed by atoms with Crippen LogP contribution in [0.15, 0.2) is 0 Å². The van der Waals surface area contributed by atoms with Gasteiger partial charge in [-0.15, -0.1) is 0 Å². The van der Waals surface area contributed by atoms with Crippen LogP contribution in [-0.4, -0.2) is 24.3 Å². The van der Waals surface area contributed by atoms with Crippen molar-refractivity contribution in [2.75, 3.05) is 6.61 Å². The van der Waals surface area contributed by atoms with Crippen molar-refractivity contribution < 1.29 is 4.74 Å². The maximum atomic E-state index is 9.51. The van der Waals surface area contributed by atoms with Crippen LogP contribution in [0.3, 0.4) is 0 Å². The molecule has 3 heteroatoms. The Hall–Kier alpha value is -0.590. The predicted molar refractivity (Wildman–Crippen MR) is 83.6 cm³/mol. The fourth-order valence-electron chi connectivity index (χ4n) is 3.14. The first-order valence-corrected chi connectivity index (χ1v) is 8.42. The Labute approximate surface area is 125 Å². The van der Waals surface area contributed by atoms with Gasteiger partial charge >= 0.3 is 0 Å². The van der Waals surface area contributed by atoms with E-state index in [-0.39, 0.29) is 11.6 Å². The van der Waals surface area contributed by atoms with Gasteiger partial charge < -0.3 is 4.74 Å². The topological polar surface area (TPSA) is 45.0 Å². The molecule has 0 aliphatic heterocycles. The molecule has 0 aromatic rings. The summed E-state index contributed by atoms with van der Waals surface area (Å²) in [5.41, 5.74) is -0.362. The highest BCUT2D eigenvalue weighted by atomic mass is 16.5. The Bertz CT molecular complexity index is 298. The fraction of sp³-hybridized carbons (Fsp3) is 0.941. The molecule has 1 aliphatic carbocycles. The SMILES string of the molecule is CCCCCCCOC1CCCC(C#N)(NC(C)C)C1. The molecule has 116 valence electrons. The quantitative estimate of drug-likeness (QED) is 0.644. The van der Waals surface area contributed by atoms with Crippen molar-refractivity contribution >= 4 is 0 Å². The highest BCUT2D eigenvalue weighted by molar-refractivity contribution is 5.10. The third-order valence-electron chi connectivity index (χ3n) is 4.09. The number of nitrogens with one attached hydrogen (secondary N) is 1. The molecular weight excluding hydrogens is 248 g/mol. The van der Waals surface area contributed by atoms with Gasteiger partial charge in [0.15, 0.2) is 0 Å². The lowest BCUT2D eigenvalue weighted by atomic mass is 9.80. The molecule has 0 heterocycles. The summed E-state index contributed by atoms with van der Waals surface area (Å²) in [6.45, 7) is 7.31. The van der Waals surface area contributed by atoms with Crippen LogP contribution in [0.4, 0.5) is 0 Å². The number of ether oxygens (including phenoxy) is 1. The van der Waals surface area contributed by atoms with Crippen molar-refractivity contribution in [1.82, 2.24) is 5.32 Å². The van der Waals surface area contributed by atoms with Crippen molar-refractivity contribution in [3.63, 3.8) is 0 Å². The molecule has 2 atom stereocenters. The molecule has 1 saturated carbocycles. The van der Waals surface area contributed by atoms with Gasteiger partial charge in [-0.2, -0.15) is 5.26 Å². The number of nitriles is 1. The van der Waals surface area contributed by atoms with Crippen LogP contribution >= 0.6 is 0 Å². The lowest BCUT2D eigenvalue weighted by Crippen LogP contribution is -2.52. The van der Waals surface area contributed by atoms with E-state index in [2.05, 4.69) is 32.2 Å². The number of unbranched alkanes of at least 4 members (excludes halogenated alkanes) is 4. The fourth-order valence-corrected chi connectivity index (χ4v) is 3.14. The second-order valence-corrected chi connectivity index (χ2v) is 6.50. The molecule has 1 rings (SSSR count). The van der Waals surface area contributed by atoms with Crippen LogP contribution < -0.4 is 5.32 Å². The molecule has 1 aliphatic rings. The number of hydrogen-bond donors (Lipinski definition) is 1. The minimum Gasteiger partial charge on any atom is -0.378 e. The van der Waals surface area contributed by atoms with Gasteiger partial charge in [-0.05, 0) is 39.5 Å². The number of nitrogens with zero attached hydrogens (tertiary/aromatic N) is 1. The van der Waals surface area contributed by atoms with E-state index in [1.165, 1.54) is 25.7 Å². The summed E-state index contributed by atoms with van der Waals surface area (Å²) in [6, 6.07) is 2.86. The highest BCUT2D eigenvalue weighted by Gasteiger charge is 2.37. The molecule has 0 aromatic carbocycles. The summed E-state index contributed by atoms with van der Waals surface area (Å²) >= 11 is 0. The molecule has 0 amide bonds. The molecule has 20 heavy (non-hydrogen) atoms. The van der Waals surface area contributed by atoms with Crippen molar-refractivity contribution in [1.29, 1.82) is 5.26 Å². The smallest absolute Gasteiger partial charge is 0.109 e. The average molecular weight is 280 g/mol. The molecule has 0 bridgehead atoms. The Kier molecular flexibility index (Phi) is 8.18. The number of rotatable bonds is 9. The van der Waals surface area contributed by atoms with Crippen LogP contribution in [0.1, 0.15) is 78.6 Å². The largest absolute Gasteiger partial charge is 0.378 e. The zero-order valence-corrected chi connectivity index (χ0v) is 13.6. The third-order valence-corrected chi connectivity index (χ3v) is 4.09. The maximum absolute atomic E-state index is 9.51.